The van der Waals surface area contributed by atoms with Crippen molar-refractivity contribution in [1.29, 1.82) is 0 Å². The van der Waals surface area contributed by atoms with Crippen molar-refractivity contribution >= 4 is 48.2 Å². The van der Waals surface area contributed by atoms with Crippen LogP contribution >= 0.6 is 30.6 Å². The molecule has 2 saturated heterocycles. The van der Waals surface area contributed by atoms with Crippen molar-refractivity contribution in [2.24, 2.45) is 11.8 Å². The first kappa shape index (κ1) is 26.2. The van der Waals surface area contributed by atoms with E-state index in [-0.39, 0.29) is 42.7 Å². The van der Waals surface area contributed by atoms with Gasteiger partial charge in [0.1, 0.15) is 11.9 Å². The molecule has 3 N–H and O–H groups in total. The van der Waals surface area contributed by atoms with Gasteiger partial charge in [0.25, 0.3) is 0 Å². The summed E-state index contributed by atoms with van der Waals surface area (Å²) < 4.78 is 19.7. The van der Waals surface area contributed by atoms with Gasteiger partial charge in [0.2, 0.25) is 5.69 Å². The molecule has 1 aromatic heterocycles. The summed E-state index contributed by atoms with van der Waals surface area (Å²) in [5.41, 5.74) is 3.64. The second kappa shape index (κ2) is 9.70. The third-order valence-corrected chi connectivity index (χ3v) is 12.5. The maximum atomic E-state index is 12.2. The Morgan fingerprint density at radius 3 is 2.97 bits per heavy atom. The van der Waals surface area contributed by atoms with E-state index in [9.17, 15) is 9.90 Å². The average Bonchev–Trinajstić information content (AvgIpc) is 3.12. The van der Waals surface area contributed by atoms with Crippen LogP contribution in [0, 0.1) is 11.8 Å². The van der Waals surface area contributed by atoms with E-state index < -0.39 is 29.8 Å². The second-order valence-electron chi connectivity index (χ2n) is 9.02. The van der Waals surface area contributed by atoms with Crippen LogP contribution in [0.1, 0.15) is 46.3 Å². The zero-order valence-electron chi connectivity index (χ0n) is 18.5. The van der Waals surface area contributed by atoms with Crippen molar-refractivity contribution in [2.45, 2.75) is 69.3 Å². The first-order chi connectivity index (χ1) is 14.5. The Kier molecular flexibility index (Phi) is 7.94. The number of anilines is 1. The van der Waals surface area contributed by atoms with Crippen LogP contribution in [0.5, 0.6) is 0 Å². The number of nitrogens with zero attached hydrogens (tertiary/aromatic N) is 2. The predicted octanol–water partition coefficient (Wildman–Crippen LogP) is 3.34. The Morgan fingerprint density at radius 1 is 1.59 bits per heavy atom. The van der Waals surface area contributed by atoms with Gasteiger partial charge in [-0.1, -0.05) is 30.5 Å². The third-order valence-electron chi connectivity index (χ3n) is 6.70. The number of hydrogen-bond acceptors (Lipinski definition) is 9. The summed E-state index contributed by atoms with van der Waals surface area (Å²) in [4.78, 5) is 15.9. The zero-order valence-corrected chi connectivity index (χ0v) is 22.0. The summed E-state index contributed by atoms with van der Waals surface area (Å²) in [5.74, 6) is 0.328. The van der Waals surface area contributed by atoms with E-state index in [1.165, 1.54) is 22.4 Å². The van der Waals surface area contributed by atoms with Gasteiger partial charge in [-0.15, -0.1) is 0 Å². The molecule has 0 amide bonds. The molecule has 3 heterocycles. The van der Waals surface area contributed by atoms with Gasteiger partial charge in [0.05, 0.1) is 18.8 Å². The summed E-state index contributed by atoms with van der Waals surface area (Å²) in [6.07, 6.45) is 2.41. The Labute approximate surface area is 204 Å². The van der Waals surface area contributed by atoms with Gasteiger partial charge in [-0.3, -0.25) is 4.57 Å². The van der Waals surface area contributed by atoms with E-state index in [4.69, 9.17) is 31.3 Å². The Morgan fingerprint density at radius 2 is 2.31 bits per heavy atom. The van der Waals surface area contributed by atoms with Crippen molar-refractivity contribution in [3.8, 4) is 0 Å². The monoisotopic (exact) mass is 521 g/mol. The van der Waals surface area contributed by atoms with E-state index in [1.54, 1.807) is 11.4 Å². The molecule has 1 aliphatic carbocycles. The molecule has 0 radical (unpaired) electrons. The molecule has 4 rings (SSSR count). The number of fused-ring (bicyclic) bond motifs is 1. The molecule has 0 unspecified atom stereocenters. The smallest absolute Gasteiger partial charge is 0.351 e. The quantitative estimate of drug-likeness (QED) is 0.445. The number of allylic oxidation sites excluding steroid dienone is 1. The summed E-state index contributed by atoms with van der Waals surface area (Å²) >= 11 is 7.48. The topological polar surface area (TPSA) is 109 Å². The number of nitrogen functional groups attached to an aromatic ring is 1. The molecular formula is C20H32N3O5PS3. The minimum atomic E-state index is -2.54. The molecule has 0 spiro atoms. The lowest BCUT2D eigenvalue weighted by Gasteiger charge is -2.37. The van der Waals surface area contributed by atoms with Gasteiger partial charge in [-0.05, 0) is 56.9 Å². The molecular weight excluding hydrogens is 489 g/mol. The molecule has 12 heteroatoms. The highest BCUT2D eigenvalue weighted by atomic mass is 32.9. The predicted molar refractivity (Wildman–Crippen MR) is 136 cm³/mol. The van der Waals surface area contributed by atoms with Gasteiger partial charge < -0.3 is 24.6 Å². The van der Waals surface area contributed by atoms with E-state index in [0.29, 0.717) is 5.92 Å². The Bertz CT molecular complexity index is 978. The maximum Gasteiger partial charge on any atom is 0.351 e. The SMILES string of the molecule is C=C(C)[C@@H]1CC[C@]2(C)S[P@@](=S)(OC[C@H]3O[C@@H](n4ccc(N)nc4=O)[C@H](O)[C@@H]3C)O[C@H]2C1.S. The molecule has 1 aromatic rings. The first-order valence-corrected chi connectivity index (χ1v) is 14.5. The molecule has 0 bridgehead atoms. The van der Waals surface area contributed by atoms with Crippen LogP contribution in [0.4, 0.5) is 5.82 Å². The largest absolute Gasteiger partial charge is 0.388 e. The number of aromatic nitrogens is 2. The van der Waals surface area contributed by atoms with Crippen LogP contribution in [-0.4, -0.2) is 44.3 Å². The Hall–Kier alpha value is -0.390. The van der Waals surface area contributed by atoms with Gasteiger partial charge in [0.15, 0.2) is 6.23 Å². The van der Waals surface area contributed by atoms with Crippen molar-refractivity contribution in [1.82, 2.24) is 9.55 Å². The standard InChI is InChI=1S/C20H30N3O5PS2.H2S/c1-11(2)13-5-7-20(4)15(9-13)28-29(30,31-20)26-10-14-12(3)17(24)18(27-14)23-8-6-16(21)22-19(23)25;/h6,8,12-15,17-18,24H,1,5,7,9-10H2,2-4H3,(H2,21,22,25);1H2/t12-,13-,14-,15+,17-,18-,20+,29+;/m1./s1. The number of hydrogen-bond donors (Lipinski definition) is 2. The van der Waals surface area contributed by atoms with E-state index >= 15 is 0 Å². The van der Waals surface area contributed by atoms with Crippen molar-refractivity contribution in [3.05, 3.63) is 34.9 Å². The molecule has 32 heavy (non-hydrogen) atoms. The highest BCUT2D eigenvalue weighted by Gasteiger charge is 2.54. The first-order valence-electron chi connectivity index (χ1n) is 10.5. The van der Waals surface area contributed by atoms with Crippen molar-refractivity contribution in [3.63, 3.8) is 0 Å². The fraction of sp³-hybridized carbons (Fsp3) is 0.700. The van der Waals surface area contributed by atoms with E-state index in [1.807, 2.05) is 6.92 Å². The molecule has 3 aliphatic rings. The summed E-state index contributed by atoms with van der Waals surface area (Å²) in [6, 6.07) is 1.50. The van der Waals surface area contributed by atoms with Gasteiger partial charge in [-0.25, -0.2) is 4.79 Å². The minimum Gasteiger partial charge on any atom is -0.388 e. The minimum absolute atomic E-state index is 0. The number of aliphatic hydroxyl groups excluding tert-OH is 1. The van der Waals surface area contributed by atoms with Crippen molar-refractivity contribution < 1.29 is 18.9 Å². The van der Waals surface area contributed by atoms with Gasteiger partial charge in [-0.2, -0.15) is 18.5 Å². The second-order valence-corrected chi connectivity index (χ2v) is 15.6. The normalized spacial score (nSPS) is 41.1. The fourth-order valence-corrected chi connectivity index (χ4v) is 11.6. The van der Waals surface area contributed by atoms with Crippen LogP contribution in [0.25, 0.3) is 0 Å². The average molecular weight is 522 g/mol. The zero-order chi connectivity index (χ0) is 22.6. The van der Waals surface area contributed by atoms with Crippen LogP contribution in [0.3, 0.4) is 0 Å². The molecule has 3 fully saturated rings. The third kappa shape index (κ3) is 5.00. The molecule has 180 valence electrons. The van der Waals surface area contributed by atoms with Crippen LogP contribution < -0.4 is 11.4 Å². The van der Waals surface area contributed by atoms with Crippen LogP contribution in [0.2, 0.25) is 0 Å². The number of nitrogens with two attached hydrogens (primary N) is 1. The number of ether oxygens (including phenoxy) is 1. The maximum absolute atomic E-state index is 12.2. The summed E-state index contributed by atoms with van der Waals surface area (Å²) in [6.45, 7) is 10.5. The van der Waals surface area contributed by atoms with Gasteiger partial charge in [0, 0.05) is 16.9 Å². The van der Waals surface area contributed by atoms with Gasteiger partial charge >= 0.3 is 5.69 Å². The summed E-state index contributed by atoms with van der Waals surface area (Å²) in [7, 11) is 0. The van der Waals surface area contributed by atoms with Crippen LogP contribution in [-0.2, 0) is 25.6 Å². The fourth-order valence-electron chi connectivity index (χ4n) is 4.51. The lowest BCUT2D eigenvalue weighted by molar-refractivity contribution is -0.0507. The molecule has 1 saturated carbocycles. The molecule has 8 atom stereocenters. The molecule has 0 aromatic carbocycles. The lowest BCUT2D eigenvalue weighted by atomic mass is 9.77. The highest BCUT2D eigenvalue weighted by Crippen LogP contribution is 2.75. The van der Waals surface area contributed by atoms with E-state index in [0.717, 1.165) is 19.3 Å². The Balaban J connectivity index is 0.00000289. The highest BCUT2D eigenvalue weighted by molar-refractivity contribution is 8.68. The molecule has 8 nitrogen and oxygen atoms in total. The van der Waals surface area contributed by atoms with E-state index in [2.05, 4.69) is 25.4 Å². The molecule has 2 aliphatic heterocycles. The lowest BCUT2D eigenvalue weighted by Crippen LogP contribution is -2.39. The number of rotatable bonds is 5. The van der Waals surface area contributed by atoms with Crippen LogP contribution in [0.15, 0.2) is 29.2 Å². The number of aliphatic hydroxyl groups is 1. The summed E-state index contributed by atoms with van der Waals surface area (Å²) in [5, 5.41) is 10.7. The van der Waals surface area contributed by atoms with Crippen molar-refractivity contribution in [2.75, 3.05) is 12.3 Å².